The van der Waals surface area contributed by atoms with Gasteiger partial charge in [0.05, 0.1) is 9.50 Å². The molecule has 0 radical (unpaired) electrons. The van der Waals surface area contributed by atoms with E-state index in [9.17, 15) is 4.79 Å². The van der Waals surface area contributed by atoms with Crippen LogP contribution in [0.2, 0.25) is 5.04 Å². The predicted octanol–water partition coefficient (Wildman–Crippen LogP) is 6.42. The van der Waals surface area contributed by atoms with Gasteiger partial charge in [-0.25, -0.2) is 0 Å². The van der Waals surface area contributed by atoms with Gasteiger partial charge in [-0.2, -0.15) is 0 Å². The van der Waals surface area contributed by atoms with E-state index in [1.165, 1.54) is 10.4 Å². The van der Waals surface area contributed by atoms with Crippen molar-refractivity contribution < 1.29 is 9.22 Å². The maximum atomic E-state index is 11.3. The average molecular weight is 552 g/mol. The number of hydrogen-bond acceptors (Lipinski definition) is 2. The lowest BCUT2D eigenvalue weighted by atomic mass is 9.94. The molecule has 0 aliphatic heterocycles. The van der Waals surface area contributed by atoms with Crippen LogP contribution in [0.25, 0.3) is 0 Å². The highest BCUT2D eigenvalue weighted by Crippen LogP contribution is 2.39. The van der Waals surface area contributed by atoms with Gasteiger partial charge in [-0.1, -0.05) is 95.3 Å². The molecule has 0 aromatic heterocycles. The maximum Gasteiger partial charge on any atom is 0.261 e. The van der Waals surface area contributed by atoms with E-state index in [-0.39, 0.29) is 23.0 Å². The number of carbonyl (C=O) groups excluding carboxylic acids is 1. The molecule has 0 heterocycles. The molecule has 5 heteroatoms. The van der Waals surface area contributed by atoms with Crippen LogP contribution in [-0.4, -0.2) is 20.7 Å². The lowest BCUT2D eigenvalue weighted by Gasteiger charge is -2.46. The lowest BCUT2D eigenvalue weighted by Crippen LogP contribution is -2.68. The molecule has 0 unspecified atom stereocenters. The summed E-state index contributed by atoms with van der Waals surface area (Å²) in [5.74, 6) is 0.171. The zero-order chi connectivity index (χ0) is 22.4. The number of rotatable bonds is 9. The van der Waals surface area contributed by atoms with E-state index in [2.05, 4.69) is 126 Å². The Kier molecular flexibility index (Phi) is 9.28. The van der Waals surface area contributed by atoms with E-state index in [1.807, 2.05) is 6.92 Å². The lowest BCUT2D eigenvalue weighted by molar-refractivity contribution is -0.111. The highest BCUT2D eigenvalue weighted by molar-refractivity contribution is 9.28. The maximum absolute atomic E-state index is 11.3. The molecule has 162 valence electrons. The van der Waals surface area contributed by atoms with Gasteiger partial charge in [0.25, 0.3) is 8.32 Å². The van der Waals surface area contributed by atoms with Gasteiger partial charge in [0, 0.05) is 5.92 Å². The van der Waals surface area contributed by atoms with Crippen LogP contribution in [0.15, 0.2) is 70.1 Å². The Morgan fingerprint density at radius 2 is 1.43 bits per heavy atom. The third-order valence-electron chi connectivity index (χ3n) is 5.56. The molecule has 2 aromatic carbocycles. The average Bonchev–Trinajstić information content (AvgIpc) is 2.71. The van der Waals surface area contributed by atoms with Gasteiger partial charge in [0.2, 0.25) is 0 Å². The number of hydrogen-bond donors (Lipinski definition) is 0. The Morgan fingerprint density at radius 1 is 0.967 bits per heavy atom. The number of benzene rings is 2. The molecule has 0 spiro atoms. The van der Waals surface area contributed by atoms with Crippen LogP contribution in [0.1, 0.15) is 41.0 Å². The number of carbonyl (C=O) groups is 1. The van der Waals surface area contributed by atoms with Crippen molar-refractivity contribution in [2.75, 3.05) is 0 Å². The molecule has 30 heavy (non-hydrogen) atoms. The second-order valence-electron chi connectivity index (χ2n) is 9.03. The fraction of sp³-hybridized carbons (Fsp3) is 0.400. The summed E-state index contributed by atoms with van der Waals surface area (Å²) in [6, 6.07) is 21.3. The van der Waals surface area contributed by atoms with Crippen LogP contribution in [0.4, 0.5) is 0 Å². The van der Waals surface area contributed by atoms with Gasteiger partial charge in [0.1, 0.15) is 6.29 Å². The summed E-state index contributed by atoms with van der Waals surface area (Å²) < 4.78 is 8.14. The van der Waals surface area contributed by atoms with Gasteiger partial charge in [-0.3, -0.25) is 0 Å². The Labute approximate surface area is 199 Å². The van der Waals surface area contributed by atoms with E-state index in [4.69, 9.17) is 4.43 Å². The zero-order valence-electron chi connectivity index (χ0n) is 18.4. The highest BCUT2D eigenvalue weighted by atomic mass is 79.9. The molecule has 0 amide bonds. The van der Waals surface area contributed by atoms with Crippen molar-refractivity contribution in [3.8, 4) is 0 Å². The first kappa shape index (κ1) is 25.2. The van der Waals surface area contributed by atoms with Crippen molar-refractivity contribution in [1.82, 2.24) is 0 Å². The largest absolute Gasteiger partial charge is 0.401 e. The molecule has 2 nitrogen and oxygen atoms in total. The zero-order valence-corrected chi connectivity index (χ0v) is 22.6. The minimum atomic E-state index is -2.68. The van der Waals surface area contributed by atoms with Crippen molar-refractivity contribution in [3.05, 3.63) is 70.1 Å². The van der Waals surface area contributed by atoms with Crippen molar-refractivity contribution in [3.63, 3.8) is 0 Å². The SMILES string of the molecule is C[C@H](C=O)C[C@H](C)[C@@H](C=C(Br)Br)O[Si](c1ccccc1)(c1ccccc1)C(C)(C)C. The molecule has 0 saturated heterocycles. The first-order valence-electron chi connectivity index (χ1n) is 10.4. The fourth-order valence-corrected chi connectivity index (χ4v) is 9.35. The van der Waals surface area contributed by atoms with Crippen LogP contribution >= 0.6 is 31.9 Å². The van der Waals surface area contributed by atoms with Crippen molar-refractivity contribution >= 4 is 56.8 Å². The van der Waals surface area contributed by atoms with Gasteiger partial charge >= 0.3 is 0 Å². The minimum Gasteiger partial charge on any atom is -0.401 e. The van der Waals surface area contributed by atoms with E-state index in [1.54, 1.807) is 0 Å². The topological polar surface area (TPSA) is 26.3 Å². The third kappa shape index (κ3) is 6.03. The van der Waals surface area contributed by atoms with Crippen LogP contribution in [0.3, 0.4) is 0 Å². The smallest absolute Gasteiger partial charge is 0.261 e. The molecule has 0 aliphatic rings. The highest BCUT2D eigenvalue weighted by Gasteiger charge is 2.51. The van der Waals surface area contributed by atoms with Gasteiger partial charge in [0.15, 0.2) is 0 Å². The Morgan fingerprint density at radius 3 is 1.80 bits per heavy atom. The molecular weight excluding hydrogens is 520 g/mol. The summed E-state index contributed by atoms with van der Waals surface area (Å²) in [5.41, 5.74) is 0. The Balaban J connectivity index is 2.68. The van der Waals surface area contributed by atoms with E-state index >= 15 is 0 Å². The Bertz CT molecular complexity index is 788. The molecule has 0 fully saturated rings. The summed E-state index contributed by atoms with van der Waals surface area (Å²) >= 11 is 7.08. The van der Waals surface area contributed by atoms with Gasteiger partial charge < -0.3 is 9.22 Å². The second kappa shape index (κ2) is 11.0. The van der Waals surface area contributed by atoms with E-state index in [0.717, 1.165) is 16.1 Å². The summed E-state index contributed by atoms with van der Waals surface area (Å²) in [4.78, 5) is 11.3. The number of aldehydes is 1. The first-order valence-corrected chi connectivity index (χ1v) is 13.9. The summed E-state index contributed by atoms with van der Waals surface area (Å²) in [7, 11) is -2.68. The number of halogens is 2. The molecule has 2 rings (SSSR count). The molecule has 0 saturated carbocycles. The minimum absolute atomic E-state index is 0.00671. The van der Waals surface area contributed by atoms with Gasteiger partial charge in [-0.15, -0.1) is 0 Å². The van der Waals surface area contributed by atoms with E-state index < -0.39 is 8.32 Å². The molecule has 0 aliphatic carbocycles. The van der Waals surface area contributed by atoms with Crippen molar-refractivity contribution in [2.24, 2.45) is 11.8 Å². The summed E-state index contributed by atoms with van der Waals surface area (Å²) in [6.07, 6.45) is 3.74. The van der Waals surface area contributed by atoms with Crippen LogP contribution in [-0.2, 0) is 9.22 Å². The molecule has 0 bridgehead atoms. The van der Waals surface area contributed by atoms with Crippen LogP contribution < -0.4 is 10.4 Å². The standard InChI is InChI=1S/C25H32Br2O2Si/c1-19(18-28)16-20(2)23(17-24(26)27)29-30(25(3,4)5,21-12-8-6-9-13-21)22-14-10-7-11-15-22/h6-15,17-20,23H,16H2,1-5H3/t19-,20-,23+/m0/s1. The Hall–Kier alpha value is -1.01. The quantitative estimate of drug-likeness (QED) is 0.265. The van der Waals surface area contributed by atoms with Gasteiger partial charge in [-0.05, 0) is 65.7 Å². The summed E-state index contributed by atoms with van der Waals surface area (Å²) in [6.45, 7) is 11.0. The van der Waals surface area contributed by atoms with E-state index in [0.29, 0.717) is 0 Å². The fourth-order valence-electron chi connectivity index (χ4n) is 4.11. The monoisotopic (exact) mass is 550 g/mol. The molecule has 3 atom stereocenters. The van der Waals surface area contributed by atoms with Crippen molar-refractivity contribution in [2.45, 2.75) is 52.2 Å². The third-order valence-corrected chi connectivity index (χ3v) is 11.1. The molecular formula is C25H32Br2O2Si. The first-order chi connectivity index (χ1) is 14.1. The molecule has 2 aromatic rings. The van der Waals surface area contributed by atoms with Crippen LogP contribution in [0, 0.1) is 11.8 Å². The van der Waals surface area contributed by atoms with Crippen molar-refractivity contribution in [1.29, 1.82) is 0 Å². The predicted molar refractivity (Wildman–Crippen MR) is 137 cm³/mol. The normalized spacial score (nSPS) is 15.2. The second-order valence-corrected chi connectivity index (χ2v) is 16.1. The van der Waals surface area contributed by atoms with Crippen LogP contribution in [0.5, 0.6) is 0 Å². The summed E-state index contributed by atoms with van der Waals surface area (Å²) in [5, 5.41) is 2.41. The molecule has 0 N–H and O–H groups in total.